The molecule has 6 heteroatoms. The molecule has 0 saturated carbocycles. The van der Waals surface area contributed by atoms with Gasteiger partial charge in [-0.25, -0.2) is 4.79 Å². The normalized spacial score (nSPS) is 12.1. The van der Waals surface area contributed by atoms with Crippen LogP contribution in [0.3, 0.4) is 0 Å². The zero-order valence-electron chi connectivity index (χ0n) is 16.5. The molecule has 3 aromatic rings. The van der Waals surface area contributed by atoms with E-state index >= 15 is 0 Å². The molecule has 0 unspecified atom stereocenters. The lowest BCUT2D eigenvalue weighted by Gasteiger charge is -2.13. The fraction of sp³-hybridized carbons (Fsp3) is 0.125. The van der Waals surface area contributed by atoms with Gasteiger partial charge in [-0.05, 0) is 49.2 Å². The van der Waals surface area contributed by atoms with Crippen LogP contribution in [0.2, 0.25) is 0 Å². The van der Waals surface area contributed by atoms with Gasteiger partial charge in [0.15, 0.2) is 0 Å². The van der Waals surface area contributed by atoms with Crippen LogP contribution in [0.15, 0.2) is 70.7 Å². The highest BCUT2D eigenvalue weighted by Gasteiger charge is 2.15. The fourth-order valence-corrected chi connectivity index (χ4v) is 3.04. The van der Waals surface area contributed by atoms with Gasteiger partial charge < -0.3 is 14.8 Å². The van der Waals surface area contributed by atoms with Crippen molar-refractivity contribution in [3.05, 3.63) is 88.7 Å². The largest absolute Gasteiger partial charge is 0.478 e. The lowest BCUT2D eigenvalue weighted by Crippen LogP contribution is -2.27. The summed E-state index contributed by atoms with van der Waals surface area (Å²) >= 11 is 0. The van der Waals surface area contributed by atoms with Gasteiger partial charge in [0.05, 0.1) is 11.6 Å². The van der Waals surface area contributed by atoms with Crippen LogP contribution < -0.4 is 5.32 Å². The molecule has 0 bridgehead atoms. The smallest absolute Gasteiger partial charge is 0.335 e. The fourth-order valence-electron chi connectivity index (χ4n) is 3.04. The zero-order chi connectivity index (χ0) is 21.7. The molecule has 1 heterocycles. The number of nitrogens with zero attached hydrogens (tertiary/aromatic N) is 1. The van der Waals surface area contributed by atoms with E-state index in [0.29, 0.717) is 11.5 Å². The summed E-state index contributed by atoms with van der Waals surface area (Å²) in [4.78, 5) is 23.6. The summed E-state index contributed by atoms with van der Waals surface area (Å²) in [5.74, 6) is -0.618. The van der Waals surface area contributed by atoms with Crippen molar-refractivity contribution in [3.63, 3.8) is 0 Å². The van der Waals surface area contributed by atoms with E-state index in [1.54, 1.807) is 31.2 Å². The van der Waals surface area contributed by atoms with Crippen molar-refractivity contribution < 1.29 is 19.1 Å². The van der Waals surface area contributed by atoms with Crippen molar-refractivity contribution >= 4 is 18.0 Å². The number of carbonyl (C=O) groups excluding carboxylic acids is 1. The highest BCUT2D eigenvalue weighted by atomic mass is 16.4. The number of hydrogen-bond donors (Lipinski definition) is 2. The maximum atomic E-state index is 12.5. The molecule has 0 saturated heterocycles. The number of rotatable bonds is 6. The number of carboxylic acids is 1. The van der Waals surface area contributed by atoms with Gasteiger partial charge in [0.25, 0.3) is 5.91 Å². The molecule has 3 rings (SSSR count). The van der Waals surface area contributed by atoms with Gasteiger partial charge in [0.2, 0.25) is 0 Å². The quantitative estimate of drug-likeness (QED) is 0.460. The molecule has 1 atom stereocenters. The summed E-state index contributed by atoms with van der Waals surface area (Å²) in [5, 5.41) is 21.3. The second-order valence-corrected chi connectivity index (χ2v) is 6.81. The molecular weight excluding hydrogens is 380 g/mol. The summed E-state index contributed by atoms with van der Waals surface area (Å²) in [5.41, 5.74) is 2.54. The molecule has 1 amide bonds. The van der Waals surface area contributed by atoms with Crippen molar-refractivity contribution in [1.82, 2.24) is 5.32 Å². The van der Waals surface area contributed by atoms with Crippen molar-refractivity contribution in [3.8, 4) is 17.4 Å². The van der Waals surface area contributed by atoms with E-state index in [-0.39, 0.29) is 17.2 Å². The number of carbonyl (C=O) groups is 2. The van der Waals surface area contributed by atoms with Crippen LogP contribution in [0.5, 0.6) is 0 Å². The first-order valence-electron chi connectivity index (χ1n) is 9.31. The van der Waals surface area contributed by atoms with Gasteiger partial charge in [-0.15, -0.1) is 0 Å². The molecule has 0 spiro atoms. The van der Waals surface area contributed by atoms with Crippen LogP contribution in [0.1, 0.15) is 40.2 Å². The molecule has 0 aliphatic rings. The molecule has 150 valence electrons. The van der Waals surface area contributed by atoms with Gasteiger partial charge in [0, 0.05) is 11.6 Å². The first-order valence-corrected chi connectivity index (χ1v) is 9.31. The monoisotopic (exact) mass is 400 g/mol. The number of aryl methyl sites for hydroxylation is 1. The zero-order valence-corrected chi connectivity index (χ0v) is 16.5. The highest BCUT2D eigenvalue weighted by Crippen LogP contribution is 2.27. The summed E-state index contributed by atoms with van der Waals surface area (Å²) in [6, 6.07) is 19.2. The van der Waals surface area contributed by atoms with E-state index in [1.165, 1.54) is 12.1 Å². The standard InChI is InChI=1S/C24H20N2O4/c1-15-12-18(24(28)29)8-10-21(15)22-11-9-20(30-22)13-19(14-25)23(27)26-16(2)17-6-4-3-5-7-17/h3-13,16H,1-2H3,(H,26,27)(H,28,29)/b19-13-/t16-/m1/s1. The van der Waals surface area contributed by atoms with Crippen LogP contribution in [0, 0.1) is 18.3 Å². The van der Waals surface area contributed by atoms with E-state index in [0.717, 1.165) is 16.7 Å². The number of nitriles is 1. The van der Waals surface area contributed by atoms with Gasteiger partial charge >= 0.3 is 5.97 Å². The average molecular weight is 400 g/mol. The third-order valence-electron chi connectivity index (χ3n) is 4.66. The van der Waals surface area contributed by atoms with Crippen molar-refractivity contribution in [2.45, 2.75) is 19.9 Å². The van der Waals surface area contributed by atoms with Crippen LogP contribution in [0.25, 0.3) is 17.4 Å². The summed E-state index contributed by atoms with van der Waals surface area (Å²) in [6.07, 6.45) is 1.39. The lowest BCUT2D eigenvalue weighted by molar-refractivity contribution is -0.117. The van der Waals surface area contributed by atoms with Gasteiger partial charge in [-0.3, -0.25) is 4.79 Å². The molecule has 30 heavy (non-hydrogen) atoms. The Morgan fingerprint density at radius 3 is 2.50 bits per heavy atom. The van der Waals surface area contributed by atoms with Crippen molar-refractivity contribution in [2.24, 2.45) is 0 Å². The van der Waals surface area contributed by atoms with Crippen LogP contribution in [-0.2, 0) is 4.79 Å². The van der Waals surface area contributed by atoms with Crippen molar-refractivity contribution in [1.29, 1.82) is 5.26 Å². The Hall–Kier alpha value is -4.11. The summed E-state index contributed by atoms with van der Waals surface area (Å²) in [7, 11) is 0. The average Bonchev–Trinajstić information content (AvgIpc) is 3.20. The van der Waals surface area contributed by atoms with E-state index < -0.39 is 11.9 Å². The van der Waals surface area contributed by atoms with Gasteiger partial charge in [0.1, 0.15) is 23.2 Å². The summed E-state index contributed by atoms with van der Waals surface area (Å²) in [6.45, 7) is 3.63. The molecule has 2 aromatic carbocycles. The first-order chi connectivity index (χ1) is 14.4. The second-order valence-electron chi connectivity index (χ2n) is 6.81. The second kappa shape index (κ2) is 8.93. The van der Waals surface area contributed by atoms with Crippen LogP contribution in [-0.4, -0.2) is 17.0 Å². The number of nitrogens with one attached hydrogen (secondary N) is 1. The number of aromatic carboxylic acids is 1. The van der Waals surface area contributed by atoms with Crippen molar-refractivity contribution in [2.75, 3.05) is 0 Å². The van der Waals surface area contributed by atoms with E-state index in [1.807, 2.05) is 43.3 Å². The number of amides is 1. The Balaban J connectivity index is 1.79. The molecule has 0 aliphatic heterocycles. The Bertz CT molecular complexity index is 1150. The lowest BCUT2D eigenvalue weighted by atomic mass is 10.0. The molecule has 2 N–H and O–H groups in total. The van der Waals surface area contributed by atoms with Gasteiger partial charge in [-0.2, -0.15) is 5.26 Å². The predicted molar refractivity (Wildman–Crippen MR) is 112 cm³/mol. The Kier molecular flexibility index (Phi) is 6.14. The van der Waals surface area contributed by atoms with Gasteiger partial charge in [-0.1, -0.05) is 36.4 Å². The predicted octanol–water partition coefficient (Wildman–Crippen LogP) is 4.74. The molecule has 6 nitrogen and oxygen atoms in total. The number of hydrogen-bond acceptors (Lipinski definition) is 4. The molecular formula is C24H20N2O4. The maximum Gasteiger partial charge on any atom is 0.335 e. The Labute approximate surface area is 174 Å². The number of carboxylic acid groups (broad SMARTS) is 1. The first kappa shape index (κ1) is 20.6. The minimum Gasteiger partial charge on any atom is -0.478 e. The SMILES string of the molecule is Cc1cc(C(=O)O)ccc1-c1ccc(/C=C(/C#N)C(=O)N[C@H](C)c2ccccc2)o1. The van der Waals surface area contributed by atoms with E-state index in [4.69, 9.17) is 9.52 Å². The third kappa shape index (κ3) is 4.65. The molecule has 1 aromatic heterocycles. The van der Waals surface area contributed by atoms with E-state index in [9.17, 15) is 14.9 Å². The molecule has 0 fully saturated rings. The third-order valence-corrected chi connectivity index (χ3v) is 4.66. The number of benzene rings is 2. The maximum absolute atomic E-state index is 12.5. The minimum atomic E-state index is -0.998. The topological polar surface area (TPSA) is 103 Å². The molecule has 0 aliphatic carbocycles. The van der Waals surface area contributed by atoms with Crippen LogP contribution >= 0.6 is 0 Å². The van der Waals surface area contributed by atoms with E-state index in [2.05, 4.69) is 5.32 Å². The highest BCUT2D eigenvalue weighted by molar-refractivity contribution is 6.01. The summed E-state index contributed by atoms with van der Waals surface area (Å²) < 4.78 is 5.77. The Morgan fingerprint density at radius 1 is 1.13 bits per heavy atom. The number of furan rings is 1. The molecule has 0 radical (unpaired) electrons. The Morgan fingerprint density at radius 2 is 1.87 bits per heavy atom. The minimum absolute atomic E-state index is 0.0726. The van der Waals surface area contributed by atoms with Crippen LogP contribution in [0.4, 0.5) is 0 Å².